The third-order valence-electron chi connectivity index (χ3n) is 5.39. The Morgan fingerprint density at radius 1 is 1.07 bits per heavy atom. The van der Waals surface area contributed by atoms with Gasteiger partial charge in [-0.15, -0.1) is 0 Å². The van der Waals surface area contributed by atoms with Gasteiger partial charge in [0, 0.05) is 18.8 Å². The molecule has 1 aliphatic heterocycles. The average Bonchev–Trinajstić information content (AvgIpc) is 3.24. The van der Waals surface area contributed by atoms with Crippen LogP contribution in [0.15, 0.2) is 48.5 Å². The second-order valence-electron chi connectivity index (χ2n) is 7.22. The molecule has 1 aliphatic rings. The number of carbonyl (C=O) groups excluding carboxylic acids is 2. The van der Waals surface area contributed by atoms with Crippen molar-refractivity contribution in [3.05, 3.63) is 64.7 Å². The molecular formula is C23H28ClN3O2. The normalized spacial score (nSPS) is 15.1. The SMILES string of the molecule is CCN(CC)C(=O)c1ccc(NC(=O)[C@H](c2ccccc2)N2CCCC2)cc1Cl. The number of nitrogens with zero attached hydrogens (tertiary/aromatic N) is 2. The van der Waals surface area contributed by atoms with Crippen LogP contribution in [-0.4, -0.2) is 47.8 Å². The molecule has 29 heavy (non-hydrogen) atoms. The molecule has 1 fully saturated rings. The van der Waals surface area contributed by atoms with Gasteiger partial charge in [-0.25, -0.2) is 0 Å². The van der Waals surface area contributed by atoms with Gasteiger partial charge in [0.2, 0.25) is 5.91 Å². The summed E-state index contributed by atoms with van der Waals surface area (Å²) in [4.78, 5) is 29.7. The number of hydrogen-bond acceptors (Lipinski definition) is 3. The molecule has 154 valence electrons. The van der Waals surface area contributed by atoms with Crippen molar-refractivity contribution in [1.82, 2.24) is 9.80 Å². The van der Waals surface area contributed by atoms with Crippen molar-refractivity contribution < 1.29 is 9.59 Å². The maximum atomic E-state index is 13.2. The van der Waals surface area contributed by atoms with Crippen LogP contribution in [0.1, 0.15) is 48.7 Å². The molecule has 2 aromatic carbocycles. The number of rotatable bonds is 7. The lowest BCUT2D eigenvalue weighted by Crippen LogP contribution is -2.35. The fraction of sp³-hybridized carbons (Fsp3) is 0.391. The van der Waals surface area contributed by atoms with Gasteiger partial charge in [0.1, 0.15) is 6.04 Å². The maximum absolute atomic E-state index is 13.2. The Morgan fingerprint density at radius 2 is 1.72 bits per heavy atom. The van der Waals surface area contributed by atoms with E-state index in [9.17, 15) is 9.59 Å². The molecule has 1 atom stereocenters. The largest absolute Gasteiger partial charge is 0.339 e. The third kappa shape index (κ3) is 4.98. The summed E-state index contributed by atoms with van der Waals surface area (Å²) in [6.07, 6.45) is 2.20. The highest BCUT2D eigenvalue weighted by atomic mass is 35.5. The predicted molar refractivity (Wildman–Crippen MR) is 117 cm³/mol. The first-order valence-electron chi connectivity index (χ1n) is 10.2. The Hall–Kier alpha value is -2.37. The molecule has 6 heteroatoms. The minimum atomic E-state index is -0.338. The van der Waals surface area contributed by atoms with Gasteiger partial charge in [-0.05, 0) is 63.5 Å². The lowest BCUT2D eigenvalue weighted by molar-refractivity contribution is -0.121. The Morgan fingerprint density at radius 3 is 2.31 bits per heavy atom. The minimum Gasteiger partial charge on any atom is -0.339 e. The molecule has 0 aliphatic carbocycles. The Bertz CT molecular complexity index is 846. The molecule has 1 heterocycles. The van der Waals surface area contributed by atoms with Crippen molar-refractivity contribution in [3.63, 3.8) is 0 Å². The van der Waals surface area contributed by atoms with E-state index in [2.05, 4.69) is 10.2 Å². The van der Waals surface area contributed by atoms with Crippen LogP contribution >= 0.6 is 11.6 Å². The number of likely N-dealkylation sites (tertiary alicyclic amines) is 1. The molecule has 0 unspecified atom stereocenters. The maximum Gasteiger partial charge on any atom is 0.255 e. The molecule has 2 amide bonds. The number of nitrogens with one attached hydrogen (secondary N) is 1. The van der Waals surface area contributed by atoms with E-state index < -0.39 is 0 Å². The van der Waals surface area contributed by atoms with Crippen LogP contribution < -0.4 is 5.32 Å². The van der Waals surface area contributed by atoms with Gasteiger partial charge in [-0.3, -0.25) is 14.5 Å². The highest BCUT2D eigenvalue weighted by molar-refractivity contribution is 6.34. The van der Waals surface area contributed by atoms with Crippen LogP contribution in [0.5, 0.6) is 0 Å². The first kappa shape index (κ1) is 21.3. The molecule has 0 saturated carbocycles. The van der Waals surface area contributed by atoms with E-state index in [1.165, 1.54) is 0 Å². The number of carbonyl (C=O) groups is 2. The minimum absolute atomic E-state index is 0.0861. The van der Waals surface area contributed by atoms with Crippen LogP contribution in [0.4, 0.5) is 5.69 Å². The lowest BCUT2D eigenvalue weighted by Gasteiger charge is -2.27. The summed E-state index contributed by atoms with van der Waals surface area (Å²) in [5.41, 5.74) is 2.02. The van der Waals surface area contributed by atoms with Crippen LogP contribution in [0.3, 0.4) is 0 Å². The van der Waals surface area contributed by atoms with Crippen LogP contribution in [-0.2, 0) is 4.79 Å². The van der Waals surface area contributed by atoms with E-state index in [1.54, 1.807) is 23.1 Å². The Kier molecular flexibility index (Phi) is 7.29. The van der Waals surface area contributed by atoms with Crippen molar-refractivity contribution in [2.75, 3.05) is 31.5 Å². The summed E-state index contributed by atoms with van der Waals surface area (Å²) in [5.74, 6) is -0.186. The van der Waals surface area contributed by atoms with E-state index in [4.69, 9.17) is 11.6 Å². The summed E-state index contributed by atoms with van der Waals surface area (Å²) < 4.78 is 0. The monoisotopic (exact) mass is 413 g/mol. The summed E-state index contributed by atoms with van der Waals surface area (Å²) in [6, 6.07) is 14.6. The topological polar surface area (TPSA) is 52.7 Å². The van der Waals surface area contributed by atoms with Gasteiger partial charge in [-0.1, -0.05) is 41.9 Å². The molecular weight excluding hydrogens is 386 g/mol. The zero-order valence-electron chi connectivity index (χ0n) is 17.0. The van der Waals surface area contributed by atoms with E-state index in [-0.39, 0.29) is 17.9 Å². The molecule has 0 spiro atoms. The zero-order chi connectivity index (χ0) is 20.8. The quantitative estimate of drug-likeness (QED) is 0.721. The van der Waals surface area contributed by atoms with Crippen molar-refractivity contribution in [2.45, 2.75) is 32.7 Å². The van der Waals surface area contributed by atoms with Crippen molar-refractivity contribution in [2.24, 2.45) is 0 Å². The van der Waals surface area contributed by atoms with Crippen molar-refractivity contribution in [3.8, 4) is 0 Å². The Labute approximate surface area is 177 Å². The van der Waals surface area contributed by atoms with Gasteiger partial charge >= 0.3 is 0 Å². The number of amides is 2. The summed E-state index contributed by atoms with van der Waals surface area (Å²) >= 11 is 6.38. The fourth-order valence-corrected chi connectivity index (χ4v) is 4.08. The standard InChI is InChI=1S/C23H28ClN3O2/c1-3-26(4-2)23(29)19-13-12-18(16-20(19)24)25-22(28)21(27-14-8-9-15-27)17-10-6-5-7-11-17/h5-7,10-13,16,21H,3-4,8-9,14-15H2,1-2H3,(H,25,28)/t21-/m0/s1. The molecule has 0 radical (unpaired) electrons. The zero-order valence-corrected chi connectivity index (χ0v) is 17.8. The fourth-order valence-electron chi connectivity index (χ4n) is 3.82. The van der Waals surface area contributed by atoms with E-state index in [0.717, 1.165) is 31.5 Å². The number of benzene rings is 2. The summed E-state index contributed by atoms with van der Waals surface area (Å²) in [7, 11) is 0. The second kappa shape index (κ2) is 9.90. The number of anilines is 1. The first-order chi connectivity index (χ1) is 14.0. The summed E-state index contributed by atoms with van der Waals surface area (Å²) in [5, 5.41) is 3.34. The smallest absolute Gasteiger partial charge is 0.255 e. The number of halogens is 1. The molecule has 3 rings (SSSR count). The number of hydrogen-bond donors (Lipinski definition) is 1. The van der Waals surface area contributed by atoms with Gasteiger partial charge in [0.25, 0.3) is 5.91 Å². The molecule has 1 saturated heterocycles. The first-order valence-corrected chi connectivity index (χ1v) is 10.6. The van der Waals surface area contributed by atoms with Gasteiger partial charge in [-0.2, -0.15) is 0 Å². The van der Waals surface area contributed by atoms with Crippen LogP contribution in [0, 0.1) is 0 Å². The van der Waals surface area contributed by atoms with Crippen LogP contribution in [0.2, 0.25) is 5.02 Å². The lowest BCUT2D eigenvalue weighted by atomic mass is 10.0. The molecule has 2 aromatic rings. The molecule has 0 aromatic heterocycles. The Balaban J connectivity index is 1.79. The average molecular weight is 414 g/mol. The highest BCUT2D eigenvalue weighted by Gasteiger charge is 2.29. The molecule has 5 nitrogen and oxygen atoms in total. The van der Waals surface area contributed by atoms with Crippen molar-refractivity contribution >= 4 is 29.1 Å². The third-order valence-corrected chi connectivity index (χ3v) is 5.70. The van der Waals surface area contributed by atoms with Gasteiger partial charge in [0.15, 0.2) is 0 Å². The van der Waals surface area contributed by atoms with Gasteiger partial charge in [0.05, 0.1) is 10.6 Å². The molecule has 1 N–H and O–H groups in total. The van der Waals surface area contributed by atoms with Gasteiger partial charge < -0.3 is 10.2 Å². The predicted octanol–water partition coefficient (Wildman–Crippen LogP) is 4.60. The second-order valence-corrected chi connectivity index (χ2v) is 7.62. The highest BCUT2D eigenvalue weighted by Crippen LogP contribution is 2.28. The summed E-state index contributed by atoms with van der Waals surface area (Å²) in [6.45, 7) is 6.94. The van der Waals surface area contributed by atoms with E-state index in [1.807, 2.05) is 44.2 Å². The van der Waals surface area contributed by atoms with E-state index in [0.29, 0.717) is 29.4 Å². The van der Waals surface area contributed by atoms with Crippen molar-refractivity contribution in [1.29, 1.82) is 0 Å². The molecule has 0 bridgehead atoms. The van der Waals surface area contributed by atoms with E-state index >= 15 is 0 Å². The van der Waals surface area contributed by atoms with Crippen LogP contribution in [0.25, 0.3) is 0 Å².